The third-order valence-corrected chi connectivity index (χ3v) is 2.11. The van der Waals surface area contributed by atoms with Crippen molar-refractivity contribution in [3.05, 3.63) is 35.9 Å². The standard InChI is InChI=1S/C10H12ClNO.ClH/c11-7-10(13)9(12)6-8-4-2-1-3-5-8;/h1-5,9H,6-7,12H2;1H/t9-;/m1./s1. The Hall–Kier alpha value is -0.570. The maximum atomic E-state index is 11.1. The molecule has 14 heavy (non-hydrogen) atoms. The first-order valence-corrected chi connectivity index (χ1v) is 4.65. The number of carbonyl (C=O) groups is 1. The normalized spacial score (nSPS) is 11.6. The minimum atomic E-state index is -0.472. The van der Waals surface area contributed by atoms with Crippen molar-refractivity contribution < 1.29 is 4.79 Å². The molecule has 0 aliphatic heterocycles. The minimum Gasteiger partial charge on any atom is -0.321 e. The van der Waals surface area contributed by atoms with Gasteiger partial charge in [0.15, 0.2) is 5.78 Å². The fourth-order valence-corrected chi connectivity index (χ4v) is 1.28. The van der Waals surface area contributed by atoms with Gasteiger partial charge in [-0.2, -0.15) is 0 Å². The molecule has 1 aromatic carbocycles. The van der Waals surface area contributed by atoms with Gasteiger partial charge in [0.2, 0.25) is 0 Å². The van der Waals surface area contributed by atoms with E-state index in [-0.39, 0.29) is 24.1 Å². The molecule has 0 heterocycles. The molecule has 0 bridgehead atoms. The zero-order valence-corrected chi connectivity index (χ0v) is 9.22. The van der Waals surface area contributed by atoms with Gasteiger partial charge in [-0.25, -0.2) is 0 Å². The molecule has 0 aliphatic carbocycles. The van der Waals surface area contributed by atoms with Crippen LogP contribution in [0.15, 0.2) is 30.3 Å². The summed E-state index contributed by atoms with van der Waals surface area (Å²) in [5.74, 6) is -0.112. The molecule has 1 aromatic rings. The summed E-state index contributed by atoms with van der Waals surface area (Å²) in [7, 11) is 0. The van der Waals surface area contributed by atoms with Crippen LogP contribution in [-0.4, -0.2) is 17.7 Å². The summed E-state index contributed by atoms with van der Waals surface area (Å²) in [6, 6.07) is 9.20. The van der Waals surface area contributed by atoms with Gasteiger partial charge >= 0.3 is 0 Å². The Kier molecular flexibility index (Phi) is 6.54. The number of nitrogens with two attached hydrogens (primary N) is 1. The maximum absolute atomic E-state index is 11.1. The quantitative estimate of drug-likeness (QED) is 0.807. The number of benzene rings is 1. The molecule has 2 N–H and O–H groups in total. The van der Waals surface area contributed by atoms with Crippen molar-refractivity contribution in [1.29, 1.82) is 0 Å². The number of hydrogen-bond acceptors (Lipinski definition) is 2. The van der Waals surface area contributed by atoms with Crippen LogP contribution in [0.3, 0.4) is 0 Å². The number of Topliss-reactive ketones (excluding diaryl/α,β-unsaturated/α-hetero) is 1. The molecule has 0 saturated heterocycles. The molecule has 0 saturated carbocycles. The molecule has 0 aliphatic rings. The second kappa shape index (κ2) is 6.82. The largest absolute Gasteiger partial charge is 0.321 e. The highest BCUT2D eigenvalue weighted by molar-refractivity contribution is 6.28. The molecule has 0 aromatic heterocycles. The molecule has 0 radical (unpaired) electrons. The molecular weight excluding hydrogens is 221 g/mol. The number of halogens is 2. The lowest BCUT2D eigenvalue weighted by Crippen LogP contribution is -2.33. The highest BCUT2D eigenvalue weighted by Gasteiger charge is 2.11. The summed E-state index contributed by atoms with van der Waals surface area (Å²) in [4.78, 5) is 11.1. The Morgan fingerprint density at radius 3 is 2.43 bits per heavy atom. The monoisotopic (exact) mass is 233 g/mol. The van der Waals surface area contributed by atoms with Gasteiger partial charge in [0.05, 0.1) is 11.9 Å². The van der Waals surface area contributed by atoms with Crippen molar-refractivity contribution in [2.75, 3.05) is 5.88 Å². The van der Waals surface area contributed by atoms with E-state index in [0.717, 1.165) is 5.56 Å². The second-order valence-corrected chi connectivity index (χ2v) is 3.16. The molecule has 78 valence electrons. The van der Waals surface area contributed by atoms with E-state index in [1.807, 2.05) is 30.3 Å². The predicted molar refractivity (Wildman–Crippen MR) is 61.1 cm³/mol. The summed E-state index contributed by atoms with van der Waals surface area (Å²) in [5.41, 5.74) is 6.69. The van der Waals surface area contributed by atoms with E-state index in [1.54, 1.807) is 0 Å². The fourth-order valence-electron chi connectivity index (χ4n) is 1.08. The van der Waals surface area contributed by atoms with E-state index in [2.05, 4.69) is 0 Å². The Balaban J connectivity index is 0.00000169. The lowest BCUT2D eigenvalue weighted by atomic mass is 10.0. The summed E-state index contributed by atoms with van der Waals surface area (Å²) in [6.07, 6.45) is 0.562. The van der Waals surface area contributed by atoms with Gasteiger partial charge in [0.25, 0.3) is 0 Å². The number of carbonyl (C=O) groups excluding carboxylic acids is 1. The molecule has 0 fully saturated rings. The molecule has 2 nitrogen and oxygen atoms in total. The van der Waals surface area contributed by atoms with Crippen LogP contribution in [-0.2, 0) is 11.2 Å². The van der Waals surface area contributed by atoms with E-state index in [9.17, 15) is 4.79 Å². The third-order valence-electron chi connectivity index (χ3n) is 1.84. The Morgan fingerprint density at radius 1 is 1.36 bits per heavy atom. The molecule has 0 amide bonds. The molecule has 1 rings (SSSR count). The molecular formula is C10H13Cl2NO. The van der Waals surface area contributed by atoms with Gasteiger partial charge in [-0.15, -0.1) is 24.0 Å². The first-order chi connectivity index (χ1) is 6.24. The first-order valence-electron chi connectivity index (χ1n) is 4.12. The lowest BCUT2D eigenvalue weighted by Gasteiger charge is -2.07. The second-order valence-electron chi connectivity index (χ2n) is 2.90. The molecule has 0 unspecified atom stereocenters. The van der Waals surface area contributed by atoms with E-state index in [0.29, 0.717) is 6.42 Å². The summed E-state index contributed by atoms with van der Waals surface area (Å²) in [5, 5.41) is 0. The van der Waals surface area contributed by atoms with Crippen LogP contribution < -0.4 is 5.73 Å². The SMILES string of the molecule is Cl.N[C@H](Cc1ccccc1)C(=O)CCl. The lowest BCUT2D eigenvalue weighted by molar-refractivity contribution is -0.117. The zero-order chi connectivity index (χ0) is 9.68. The maximum Gasteiger partial charge on any atom is 0.164 e. The van der Waals surface area contributed by atoms with Crippen LogP contribution in [0.2, 0.25) is 0 Å². The highest BCUT2D eigenvalue weighted by atomic mass is 35.5. The van der Waals surface area contributed by atoms with Crippen LogP contribution in [0.1, 0.15) is 5.56 Å². The van der Waals surface area contributed by atoms with Gasteiger partial charge in [-0.1, -0.05) is 30.3 Å². The summed E-state index contributed by atoms with van der Waals surface area (Å²) >= 11 is 5.38. The number of ketones is 1. The van der Waals surface area contributed by atoms with E-state index < -0.39 is 6.04 Å². The van der Waals surface area contributed by atoms with Crippen molar-refractivity contribution in [2.45, 2.75) is 12.5 Å². The van der Waals surface area contributed by atoms with Gasteiger partial charge < -0.3 is 5.73 Å². The van der Waals surface area contributed by atoms with E-state index >= 15 is 0 Å². The van der Waals surface area contributed by atoms with Gasteiger partial charge in [0.1, 0.15) is 0 Å². The Labute approximate surface area is 94.8 Å². The predicted octanol–water partition coefficient (Wildman–Crippen LogP) is 1.79. The highest BCUT2D eigenvalue weighted by Crippen LogP contribution is 2.02. The van der Waals surface area contributed by atoms with Crippen LogP contribution in [0.25, 0.3) is 0 Å². The average molecular weight is 234 g/mol. The molecule has 4 heteroatoms. The van der Waals surface area contributed by atoms with Crippen molar-refractivity contribution in [1.82, 2.24) is 0 Å². The minimum absolute atomic E-state index is 0. The van der Waals surface area contributed by atoms with Crippen LogP contribution in [0, 0.1) is 0 Å². The Bertz CT molecular complexity index is 277. The van der Waals surface area contributed by atoms with Gasteiger partial charge in [-0.3, -0.25) is 4.79 Å². The molecule has 1 atom stereocenters. The summed E-state index contributed by atoms with van der Waals surface area (Å²) < 4.78 is 0. The van der Waals surface area contributed by atoms with E-state index in [1.165, 1.54) is 0 Å². The Morgan fingerprint density at radius 2 is 1.93 bits per heavy atom. The van der Waals surface area contributed by atoms with Crippen LogP contribution in [0.5, 0.6) is 0 Å². The van der Waals surface area contributed by atoms with Gasteiger partial charge in [-0.05, 0) is 12.0 Å². The number of hydrogen-bond donors (Lipinski definition) is 1. The van der Waals surface area contributed by atoms with Crippen LogP contribution >= 0.6 is 24.0 Å². The topological polar surface area (TPSA) is 43.1 Å². The first kappa shape index (κ1) is 13.4. The van der Waals surface area contributed by atoms with Crippen molar-refractivity contribution in [3.63, 3.8) is 0 Å². The molecule has 0 spiro atoms. The van der Waals surface area contributed by atoms with Gasteiger partial charge in [0, 0.05) is 0 Å². The fraction of sp³-hybridized carbons (Fsp3) is 0.300. The van der Waals surface area contributed by atoms with Crippen LogP contribution in [0.4, 0.5) is 0 Å². The van der Waals surface area contributed by atoms with Crippen molar-refractivity contribution in [2.24, 2.45) is 5.73 Å². The summed E-state index contributed by atoms with van der Waals surface area (Å²) in [6.45, 7) is 0. The van der Waals surface area contributed by atoms with Crippen molar-refractivity contribution >= 4 is 29.8 Å². The smallest absolute Gasteiger partial charge is 0.164 e. The number of rotatable bonds is 4. The average Bonchev–Trinajstić information content (AvgIpc) is 2.18. The third kappa shape index (κ3) is 4.09. The number of alkyl halides is 1. The zero-order valence-electron chi connectivity index (χ0n) is 7.65. The van der Waals surface area contributed by atoms with E-state index in [4.69, 9.17) is 17.3 Å². The van der Waals surface area contributed by atoms with Crippen molar-refractivity contribution in [3.8, 4) is 0 Å².